The molecule has 0 bridgehead atoms. The van der Waals surface area contributed by atoms with Gasteiger partial charge in [0.2, 0.25) is 0 Å². The van der Waals surface area contributed by atoms with Gasteiger partial charge in [-0.25, -0.2) is 0 Å². The first-order chi connectivity index (χ1) is 30.8. The molecule has 0 amide bonds. The molecule has 0 radical (unpaired) electrons. The molecule has 0 aliphatic carbocycles. The summed E-state index contributed by atoms with van der Waals surface area (Å²) in [5.41, 5.74) is 8.02. The third-order valence-corrected chi connectivity index (χ3v) is 8.99. The van der Waals surface area contributed by atoms with E-state index in [-0.39, 0.29) is 19.4 Å². The lowest BCUT2D eigenvalue weighted by Gasteiger charge is -2.25. The van der Waals surface area contributed by atoms with Gasteiger partial charge in [0, 0.05) is 0 Å². The molecule has 14 nitrogen and oxygen atoms in total. The van der Waals surface area contributed by atoms with Crippen molar-refractivity contribution in [1.82, 2.24) is 10.5 Å². The van der Waals surface area contributed by atoms with E-state index in [1.54, 1.807) is 60.8 Å². The molecular weight excluding hydrogens is 840 g/mol. The Morgan fingerprint density at radius 2 is 1.12 bits per heavy atom. The van der Waals surface area contributed by atoms with Crippen molar-refractivity contribution in [1.29, 1.82) is 0 Å². The Balaban J connectivity index is 0.000000542. The summed E-state index contributed by atoms with van der Waals surface area (Å²) < 4.78 is 32.8. The van der Waals surface area contributed by atoms with E-state index >= 15 is 0 Å². The van der Waals surface area contributed by atoms with Gasteiger partial charge >= 0.3 is 26.0 Å². The van der Waals surface area contributed by atoms with Gasteiger partial charge in [-0.1, -0.05) is 68.4 Å². The van der Waals surface area contributed by atoms with Gasteiger partial charge in [0.05, 0.1) is 31.9 Å². The standard InChI is InChI=1S/C25H36BNO5.C15H14O3.C9H21BN2O3.CH4/c1-25(2,3)32-24(28)22(27-26(4)29)15-8-6-12-20-13-7-9-16-23(20)31-18-19-11-10-14-21(17-19)30-5;1-17-14-7-4-5-12(9-14)11-18-15-8-3-2-6-13(15)10-16;1-9(2,3)15-8(13)7(5-6-11)12-10(4)14;/h7,9-11,13-14,16-17,22,27,29H,6,8,12,15,18H2,1-5H3;2-10H,11H2,1H3;7,12,14H,5-6,11H2,1-4H3;1H4/t22-;;7-;/m0.0./s1. The molecule has 6 N–H and O–H groups in total. The molecule has 16 heteroatoms. The van der Waals surface area contributed by atoms with Crippen LogP contribution in [0.1, 0.15) is 102 Å². The zero-order chi connectivity index (χ0) is 48.4. The van der Waals surface area contributed by atoms with Crippen molar-refractivity contribution in [3.8, 4) is 23.0 Å². The molecule has 0 heterocycles. The summed E-state index contributed by atoms with van der Waals surface area (Å²) in [5.74, 6) is 2.34. The Kier molecular flexibility index (Phi) is 27.3. The smallest absolute Gasteiger partial charge is 0.374 e. The molecule has 0 unspecified atom stereocenters. The van der Waals surface area contributed by atoms with Crippen LogP contribution in [0.3, 0.4) is 0 Å². The number of nitrogens with one attached hydrogen (secondary N) is 2. The number of carbonyl (C=O) groups excluding carboxylic acids is 3. The van der Waals surface area contributed by atoms with Crippen molar-refractivity contribution < 1.29 is 52.9 Å². The molecule has 0 saturated carbocycles. The number of hydrogen-bond acceptors (Lipinski definition) is 14. The number of rotatable bonds is 22. The van der Waals surface area contributed by atoms with E-state index in [1.807, 2.05) is 99.6 Å². The average molecular weight is 916 g/mol. The van der Waals surface area contributed by atoms with E-state index in [0.29, 0.717) is 43.9 Å². The fourth-order valence-corrected chi connectivity index (χ4v) is 6.10. The highest BCUT2D eigenvalue weighted by Crippen LogP contribution is 2.24. The van der Waals surface area contributed by atoms with E-state index in [9.17, 15) is 19.4 Å². The number of aryl methyl sites for hydroxylation is 1. The SMILES string of the molecule is C.CB(O)N[C@@H](CCN)C(=O)OC(C)(C)C.COc1cccc(COc2ccccc2C=O)c1.COc1cccc(COc2ccccc2CCCC[C@H](NB(C)O)C(=O)OC(C)(C)C)c1. The number of ether oxygens (including phenoxy) is 6. The maximum absolute atomic E-state index is 12.5. The van der Waals surface area contributed by atoms with Crippen molar-refractivity contribution in [3.05, 3.63) is 119 Å². The second kappa shape index (κ2) is 30.8. The summed E-state index contributed by atoms with van der Waals surface area (Å²) in [7, 11) is 1.74. The highest BCUT2D eigenvalue weighted by atomic mass is 16.6. The molecule has 2 atom stereocenters. The van der Waals surface area contributed by atoms with Gasteiger partial charge in [-0.2, -0.15) is 0 Å². The number of methoxy groups -OCH3 is 2. The lowest BCUT2D eigenvalue weighted by molar-refractivity contribution is -0.158. The van der Waals surface area contributed by atoms with Crippen molar-refractivity contribution >= 4 is 32.3 Å². The van der Waals surface area contributed by atoms with Crippen molar-refractivity contribution in [2.45, 2.75) is 131 Å². The van der Waals surface area contributed by atoms with Gasteiger partial charge in [-0.3, -0.25) is 14.4 Å². The van der Waals surface area contributed by atoms with Crippen LogP contribution in [0.4, 0.5) is 0 Å². The number of hydrogen-bond donors (Lipinski definition) is 5. The zero-order valence-electron chi connectivity index (χ0n) is 39.9. The molecule has 66 heavy (non-hydrogen) atoms. The van der Waals surface area contributed by atoms with Gasteiger partial charge in [0.25, 0.3) is 0 Å². The molecule has 0 spiro atoms. The molecule has 0 saturated heterocycles. The Labute approximate surface area is 394 Å². The van der Waals surface area contributed by atoms with Gasteiger partial charge in [0.15, 0.2) is 6.29 Å². The fraction of sp³-hybridized carbons (Fsp3) is 0.460. The summed E-state index contributed by atoms with van der Waals surface area (Å²) in [6.45, 7) is 15.3. The van der Waals surface area contributed by atoms with Crippen LogP contribution >= 0.6 is 0 Å². The van der Waals surface area contributed by atoms with E-state index in [0.717, 1.165) is 59.5 Å². The minimum absolute atomic E-state index is 0. The van der Waals surface area contributed by atoms with Crippen molar-refractivity contribution in [2.24, 2.45) is 5.73 Å². The maximum Gasteiger partial charge on any atom is 0.374 e. The minimum Gasteiger partial charge on any atom is -0.497 e. The summed E-state index contributed by atoms with van der Waals surface area (Å²) in [6, 6.07) is 29.6. The number of para-hydroxylation sites is 2. The molecule has 0 aromatic heterocycles. The number of carbonyl (C=O) groups is 3. The van der Waals surface area contributed by atoms with Crippen LogP contribution in [0.15, 0.2) is 97.1 Å². The quantitative estimate of drug-likeness (QED) is 0.0221. The fourth-order valence-electron chi connectivity index (χ4n) is 6.10. The Hall–Kier alpha value is -5.38. The first-order valence-electron chi connectivity index (χ1n) is 21.9. The number of benzene rings is 4. The summed E-state index contributed by atoms with van der Waals surface area (Å²) in [4.78, 5) is 34.9. The van der Waals surface area contributed by atoms with Gasteiger partial charge < -0.3 is 54.7 Å². The monoisotopic (exact) mass is 916 g/mol. The van der Waals surface area contributed by atoms with Crippen LogP contribution in [-0.4, -0.2) is 86.4 Å². The van der Waals surface area contributed by atoms with Gasteiger partial charge in [-0.15, -0.1) is 0 Å². The van der Waals surface area contributed by atoms with Crippen LogP contribution in [0.2, 0.25) is 13.6 Å². The average Bonchev–Trinajstić information content (AvgIpc) is 3.25. The largest absolute Gasteiger partial charge is 0.497 e. The maximum atomic E-state index is 12.5. The Morgan fingerprint density at radius 3 is 1.58 bits per heavy atom. The highest BCUT2D eigenvalue weighted by molar-refractivity contribution is 6.46. The van der Waals surface area contributed by atoms with Crippen LogP contribution < -0.4 is 35.1 Å². The van der Waals surface area contributed by atoms with E-state index in [1.165, 1.54) is 0 Å². The molecule has 0 aliphatic heterocycles. The third kappa shape index (κ3) is 24.8. The van der Waals surface area contributed by atoms with Gasteiger partial charge in [-0.05, 0) is 147 Å². The summed E-state index contributed by atoms with van der Waals surface area (Å²) >= 11 is 0. The minimum atomic E-state index is -0.779. The van der Waals surface area contributed by atoms with Crippen molar-refractivity contribution in [3.63, 3.8) is 0 Å². The van der Waals surface area contributed by atoms with Crippen LogP contribution in [0, 0.1) is 0 Å². The Bertz CT molecular complexity index is 2000. The molecule has 362 valence electrons. The van der Waals surface area contributed by atoms with Crippen LogP contribution in [0.5, 0.6) is 23.0 Å². The number of esters is 2. The summed E-state index contributed by atoms with van der Waals surface area (Å²) in [5, 5.41) is 24.4. The first kappa shape index (κ1) is 58.6. The lowest BCUT2D eigenvalue weighted by atomic mass is 9.86. The second-order valence-electron chi connectivity index (χ2n) is 17.2. The number of aldehydes is 1. The van der Waals surface area contributed by atoms with E-state index in [2.05, 4.69) is 16.5 Å². The molecule has 4 aromatic rings. The summed E-state index contributed by atoms with van der Waals surface area (Å²) in [6.07, 6.45) is 4.37. The normalized spacial score (nSPS) is 11.7. The zero-order valence-corrected chi connectivity index (χ0v) is 39.9. The third-order valence-electron chi connectivity index (χ3n) is 8.99. The molecular formula is C50H75B2N3O11. The topological polar surface area (TPSA) is 197 Å². The lowest BCUT2D eigenvalue weighted by Crippen LogP contribution is -2.48. The Morgan fingerprint density at radius 1 is 0.667 bits per heavy atom. The highest BCUT2D eigenvalue weighted by Gasteiger charge is 2.27. The first-order valence-corrected chi connectivity index (χ1v) is 21.9. The van der Waals surface area contributed by atoms with Gasteiger partial charge in [0.1, 0.15) is 47.4 Å². The molecule has 4 rings (SSSR count). The second-order valence-corrected chi connectivity index (χ2v) is 17.2. The molecule has 4 aromatic carbocycles. The van der Waals surface area contributed by atoms with E-state index in [4.69, 9.17) is 39.2 Å². The number of nitrogens with two attached hydrogens (primary N) is 1. The predicted octanol–water partition coefficient (Wildman–Crippen LogP) is 7.87. The van der Waals surface area contributed by atoms with Crippen LogP contribution in [-0.2, 0) is 38.7 Å². The predicted molar refractivity (Wildman–Crippen MR) is 264 cm³/mol. The van der Waals surface area contributed by atoms with E-state index < -0.39 is 37.4 Å². The van der Waals surface area contributed by atoms with Crippen molar-refractivity contribution in [2.75, 3.05) is 20.8 Å². The van der Waals surface area contributed by atoms with Crippen LogP contribution in [0.25, 0.3) is 0 Å². The molecule has 0 fully saturated rings. The molecule has 0 aliphatic rings. The number of unbranched alkanes of at least 4 members (excludes halogenated alkanes) is 1.